The number of carbonyl (C=O) groups is 1. The van der Waals surface area contributed by atoms with Gasteiger partial charge in [0.2, 0.25) is 5.88 Å². The molecular weight excluding hydrogens is 316 g/mol. The molecule has 0 unspecified atom stereocenters. The summed E-state index contributed by atoms with van der Waals surface area (Å²) in [5.74, 6) is -1.96. The van der Waals surface area contributed by atoms with Crippen molar-refractivity contribution in [3.8, 4) is 5.88 Å². The van der Waals surface area contributed by atoms with E-state index in [2.05, 4.69) is 15.0 Å². The van der Waals surface area contributed by atoms with Crippen molar-refractivity contribution in [3.05, 3.63) is 53.5 Å². The minimum Gasteiger partial charge on any atom is -0.467 e. The average Bonchev–Trinajstić information content (AvgIpc) is 2.48. The largest absolute Gasteiger partial charge is 0.467 e. The van der Waals surface area contributed by atoms with Gasteiger partial charge in [-0.15, -0.1) is 0 Å². The maximum absolute atomic E-state index is 13.6. The first kappa shape index (κ1) is 16.7. The zero-order chi connectivity index (χ0) is 17.0. The number of hydrogen-bond acceptors (Lipinski definition) is 3. The SMILES string of the molecule is Cc1ccc(F)c(NC(=O)c2cccnc2OCC(F)(F)F)c1. The molecule has 2 rings (SSSR count). The van der Waals surface area contributed by atoms with Crippen molar-refractivity contribution in [3.63, 3.8) is 0 Å². The number of carbonyl (C=O) groups excluding carboxylic acids is 1. The van der Waals surface area contributed by atoms with E-state index in [0.29, 0.717) is 5.56 Å². The first-order valence-corrected chi connectivity index (χ1v) is 6.48. The Morgan fingerprint density at radius 2 is 2.04 bits per heavy atom. The average molecular weight is 328 g/mol. The number of halogens is 4. The van der Waals surface area contributed by atoms with Gasteiger partial charge < -0.3 is 10.1 Å². The smallest absolute Gasteiger partial charge is 0.422 e. The molecular formula is C15H12F4N2O2. The van der Waals surface area contributed by atoms with Crippen LogP contribution in [0.5, 0.6) is 5.88 Å². The topological polar surface area (TPSA) is 51.2 Å². The van der Waals surface area contributed by atoms with E-state index in [4.69, 9.17) is 0 Å². The highest BCUT2D eigenvalue weighted by Gasteiger charge is 2.29. The van der Waals surface area contributed by atoms with Gasteiger partial charge in [0, 0.05) is 6.20 Å². The predicted molar refractivity (Wildman–Crippen MR) is 74.9 cm³/mol. The lowest BCUT2D eigenvalue weighted by Crippen LogP contribution is -2.22. The van der Waals surface area contributed by atoms with Gasteiger partial charge in [-0.25, -0.2) is 9.37 Å². The van der Waals surface area contributed by atoms with Crippen LogP contribution in [0.1, 0.15) is 15.9 Å². The molecule has 23 heavy (non-hydrogen) atoms. The number of ether oxygens (including phenoxy) is 1. The van der Waals surface area contributed by atoms with Gasteiger partial charge in [-0.05, 0) is 36.8 Å². The Kier molecular flexibility index (Phi) is 4.83. The van der Waals surface area contributed by atoms with E-state index in [1.807, 2.05) is 0 Å². The second kappa shape index (κ2) is 6.64. The molecule has 1 N–H and O–H groups in total. The monoisotopic (exact) mass is 328 g/mol. The first-order chi connectivity index (χ1) is 10.8. The molecule has 0 aliphatic heterocycles. The number of rotatable bonds is 4. The third kappa shape index (κ3) is 4.67. The molecule has 122 valence electrons. The maximum atomic E-state index is 13.6. The van der Waals surface area contributed by atoms with E-state index in [-0.39, 0.29) is 11.3 Å². The molecule has 0 aliphatic carbocycles. The summed E-state index contributed by atoms with van der Waals surface area (Å²) in [5, 5.41) is 2.29. The van der Waals surface area contributed by atoms with E-state index in [1.165, 1.54) is 36.5 Å². The van der Waals surface area contributed by atoms with Crippen LogP contribution in [0, 0.1) is 12.7 Å². The lowest BCUT2D eigenvalue weighted by atomic mass is 10.2. The van der Waals surface area contributed by atoms with Crippen molar-refractivity contribution >= 4 is 11.6 Å². The number of nitrogens with zero attached hydrogens (tertiary/aromatic N) is 1. The van der Waals surface area contributed by atoms with Crippen LogP contribution in [-0.2, 0) is 0 Å². The normalized spacial score (nSPS) is 11.2. The number of amides is 1. The first-order valence-electron chi connectivity index (χ1n) is 6.48. The lowest BCUT2D eigenvalue weighted by molar-refractivity contribution is -0.154. The Hall–Kier alpha value is -2.64. The second-order valence-electron chi connectivity index (χ2n) is 4.70. The summed E-state index contributed by atoms with van der Waals surface area (Å²) in [6.07, 6.45) is -3.37. The van der Waals surface area contributed by atoms with Crippen molar-refractivity contribution in [2.24, 2.45) is 0 Å². The molecule has 8 heteroatoms. The molecule has 4 nitrogen and oxygen atoms in total. The molecule has 0 saturated carbocycles. The second-order valence-corrected chi connectivity index (χ2v) is 4.70. The van der Waals surface area contributed by atoms with E-state index in [9.17, 15) is 22.4 Å². The number of aromatic nitrogens is 1. The molecule has 0 fully saturated rings. The summed E-state index contributed by atoms with van der Waals surface area (Å²) in [6.45, 7) is 0.125. The molecule has 0 radical (unpaired) electrons. The number of benzene rings is 1. The Morgan fingerprint density at radius 1 is 1.30 bits per heavy atom. The van der Waals surface area contributed by atoms with Crippen LogP contribution in [0.25, 0.3) is 0 Å². The predicted octanol–water partition coefficient (Wildman–Crippen LogP) is 3.72. The molecule has 1 heterocycles. The molecule has 1 aromatic heterocycles. The number of alkyl halides is 3. The van der Waals surface area contributed by atoms with Crippen molar-refractivity contribution in [2.75, 3.05) is 11.9 Å². The van der Waals surface area contributed by atoms with E-state index in [1.54, 1.807) is 6.92 Å². The highest BCUT2D eigenvalue weighted by atomic mass is 19.4. The van der Waals surface area contributed by atoms with Crippen molar-refractivity contribution in [1.29, 1.82) is 0 Å². The third-order valence-electron chi connectivity index (χ3n) is 2.76. The van der Waals surface area contributed by atoms with Crippen LogP contribution < -0.4 is 10.1 Å². The molecule has 2 aromatic rings. The van der Waals surface area contributed by atoms with Gasteiger partial charge in [0.15, 0.2) is 6.61 Å². The maximum Gasteiger partial charge on any atom is 0.422 e. The fourth-order valence-electron chi connectivity index (χ4n) is 1.75. The lowest BCUT2D eigenvalue weighted by Gasteiger charge is -2.12. The van der Waals surface area contributed by atoms with Gasteiger partial charge in [0.1, 0.15) is 11.4 Å². The number of nitrogens with one attached hydrogen (secondary N) is 1. The van der Waals surface area contributed by atoms with Gasteiger partial charge in [-0.2, -0.15) is 13.2 Å². The summed E-state index contributed by atoms with van der Waals surface area (Å²) < 4.78 is 54.8. The highest BCUT2D eigenvalue weighted by molar-refractivity contribution is 6.05. The standard InChI is InChI=1S/C15H12F4N2O2/c1-9-4-5-11(16)12(7-9)21-13(22)10-3-2-6-20-14(10)23-8-15(17,18)19/h2-7H,8H2,1H3,(H,21,22). The Labute approximate surface area is 129 Å². The van der Waals surface area contributed by atoms with Gasteiger partial charge in [0.25, 0.3) is 5.91 Å². The molecule has 1 aromatic carbocycles. The summed E-state index contributed by atoms with van der Waals surface area (Å²) in [4.78, 5) is 15.8. The van der Waals surface area contributed by atoms with Crippen LogP contribution in [-0.4, -0.2) is 23.7 Å². The molecule has 0 saturated heterocycles. The Morgan fingerprint density at radius 3 is 2.74 bits per heavy atom. The summed E-state index contributed by atoms with van der Waals surface area (Å²) >= 11 is 0. The molecule has 0 spiro atoms. The fourth-order valence-corrected chi connectivity index (χ4v) is 1.75. The van der Waals surface area contributed by atoms with E-state index >= 15 is 0 Å². The summed E-state index contributed by atoms with van der Waals surface area (Å²) in [5.41, 5.74) is 0.403. The number of pyridine rings is 1. The zero-order valence-corrected chi connectivity index (χ0v) is 11.9. The van der Waals surface area contributed by atoms with Gasteiger partial charge >= 0.3 is 6.18 Å². The Balaban J connectivity index is 2.21. The zero-order valence-electron chi connectivity index (χ0n) is 11.9. The van der Waals surface area contributed by atoms with Gasteiger partial charge in [-0.3, -0.25) is 4.79 Å². The van der Waals surface area contributed by atoms with Crippen LogP contribution >= 0.6 is 0 Å². The van der Waals surface area contributed by atoms with Crippen LogP contribution in [0.3, 0.4) is 0 Å². The van der Waals surface area contributed by atoms with Crippen molar-refractivity contribution < 1.29 is 27.1 Å². The number of hydrogen-bond donors (Lipinski definition) is 1. The van der Waals surface area contributed by atoms with Crippen molar-refractivity contribution in [1.82, 2.24) is 4.98 Å². The van der Waals surface area contributed by atoms with E-state index < -0.39 is 30.4 Å². The molecule has 0 atom stereocenters. The third-order valence-corrected chi connectivity index (χ3v) is 2.76. The quantitative estimate of drug-likeness (QED) is 0.870. The van der Waals surface area contributed by atoms with Crippen LogP contribution in [0.15, 0.2) is 36.5 Å². The Bertz CT molecular complexity index is 717. The summed E-state index contributed by atoms with van der Waals surface area (Å²) in [6, 6.07) is 6.70. The van der Waals surface area contributed by atoms with Crippen LogP contribution in [0.2, 0.25) is 0 Å². The molecule has 0 bridgehead atoms. The number of aryl methyl sites for hydroxylation is 1. The van der Waals surface area contributed by atoms with Crippen LogP contribution in [0.4, 0.5) is 23.2 Å². The fraction of sp³-hybridized carbons (Fsp3) is 0.200. The molecule has 1 amide bonds. The summed E-state index contributed by atoms with van der Waals surface area (Å²) in [7, 11) is 0. The minimum absolute atomic E-state index is 0.0828. The van der Waals surface area contributed by atoms with Gasteiger partial charge in [0.05, 0.1) is 5.69 Å². The number of anilines is 1. The van der Waals surface area contributed by atoms with Gasteiger partial charge in [-0.1, -0.05) is 6.07 Å². The van der Waals surface area contributed by atoms with Crippen molar-refractivity contribution in [2.45, 2.75) is 13.1 Å². The minimum atomic E-state index is -4.56. The highest BCUT2D eigenvalue weighted by Crippen LogP contribution is 2.22. The van der Waals surface area contributed by atoms with E-state index in [0.717, 1.165) is 0 Å². The molecule has 0 aliphatic rings.